The summed E-state index contributed by atoms with van der Waals surface area (Å²) in [5, 5.41) is 9.46. The van der Waals surface area contributed by atoms with Gasteiger partial charge in [-0.15, -0.1) is 15.9 Å². The van der Waals surface area contributed by atoms with E-state index in [0.717, 1.165) is 35.4 Å². The molecular weight excluding hydrogens is 651 g/mol. The molecule has 0 fully saturated rings. The zero-order valence-electron chi connectivity index (χ0n) is 24.2. The summed E-state index contributed by atoms with van der Waals surface area (Å²) in [6.45, 7) is 17.2. The van der Waals surface area contributed by atoms with Crippen LogP contribution in [0.3, 0.4) is 0 Å². The van der Waals surface area contributed by atoms with Crippen LogP contribution in [0.5, 0.6) is 0 Å². The average molecular weight is 693 g/mol. The van der Waals surface area contributed by atoms with Crippen LogP contribution in [-0.4, -0.2) is 15.4 Å². The number of allylic oxidation sites excluding steroid dienone is 2. The molecule has 2 aromatic rings. The molecule has 0 aliphatic carbocycles. The van der Waals surface area contributed by atoms with E-state index in [-0.39, 0.29) is 57.4 Å². The van der Waals surface area contributed by atoms with Crippen LogP contribution in [0.2, 0.25) is 0 Å². The second-order valence-corrected chi connectivity index (χ2v) is 12.4. The van der Waals surface area contributed by atoms with Crippen LogP contribution in [0.15, 0.2) is 70.2 Å². The molecule has 2 atom stereocenters. The van der Waals surface area contributed by atoms with Crippen LogP contribution >= 0.6 is 0 Å². The number of rotatable bonds is 4. The SMILES string of the molecule is CC1=CC(c2[c-]ccc(CC(C)(C)C)c2)N=[N+]1C(=O)[N+]1=NC(c2[c-]ccc(CC(C)(C)C)c2)C=C1C.[CH3-].[Pt]. The number of hydrogen-bond acceptors (Lipinski definition) is 3. The smallest absolute Gasteiger partial charge is 0.358 e. The van der Waals surface area contributed by atoms with E-state index in [1.165, 1.54) is 20.5 Å². The van der Waals surface area contributed by atoms with Crippen molar-refractivity contribution in [1.29, 1.82) is 0 Å². The van der Waals surface area contributed by atoms with Gasteiger partial charge in [0, 0.05) is 56.5 Å². The Morgan fingerprint density at radius 1 is 0.789 bits per heavy atom. The average Bonchev–Trinajstić information content (AvgIpc) is 3.34. The second-order valence-electron chi connectivity index (χ2n) is 12.4. The van der Waals surface area contributed by atoms with Gasteiger partial charge in [0.2, 0.25) is 11.4 Å². The molecule has 2 unspecified atom stereocenters. The second kappa shape index (κ2) is 12.1. The quantitative estimate of drug-likeness (QED) is 0.234. The minimum atomic E-state index is -0.265. The Morgan fingerprint density at radius 3 is 1.50 bits per heavy atom. The van der Waals surface area contributed by atoms with Gasteiger partial charge in [-0.3, -0.25) is 0 Å². The van der Waals surface area contributed by atoms with Crippen molar-refractivity contribution >= 4 is 6.03 Å². The predicted octanol–water partition coefficient (Wildman–Crippen LogP) is 8.58. The largest absolute Gasteiger partial charge is 0.734 e. The van der Waals surface area contributed by atoms with Gasteiger partial charge < -0.3 is 7.43 Å². The zero-order chi connectivity index (χ0) is 26.3. The summed E-state index contributed by atoms with van der Waals surface area (Å²) in [4.78, 5) is 13.5. The van der Waals surface area contributed by atoms with Gasteiger partial charge in [-0.1, -0.05) is 41.5 Å². The molecule has 2 heterocycles. The molecule has 2 aliphatic heterocycles. The van der Waals surface area contributed by atoms with E-state index < -0.39 is 0 Å². The molecule has 0 N–H and O–H groups in total. The third-order valence-electron chi connectivity index (χ3n) is 6.19. The van der Waals surface area contributed by atoms with Crippen molar-refractivity contribution in [3.8, 4) is 0 Å². The van der Waals surface area contributed by atoms with Gasteiger partial charge in [-0.2, -0.15) is 59.7 Å². The molecule has 38 heavy (non-hydrogen) atoms. The standard InChI is InChI=1S/C31H38N4O.CH3.Pt/c1-21-15-27(25-13-9-11-23(17-25)19-30(3,4)5)32-34(21)29(36)35-22(2)16-28(33-35)26-14-10-12-24(18-26)20-31(6,7)8;;/h9-12,15-18,27-28H,19-20H2,1-8H3;1H3;/q;-1;. The minimum Gasteiger partial charge on any atom is -0.358 e. The van der Waals surface area contributed by atoms with Crippen molar-refractivity contribution in [1.82, 2.24) is 0 Å². The summed E-state index contributed by atoms with van der Waals surface area (Å²) in [6, 6.07) is 18.3. The predicted molar refractivity (Wildman–Crippen MR) is 147 cm³/mol. The van der Waals surface area contributed by atoms with Crippen LogP contribution in [0, 0.1) is 30.4 Å². The normalized spacial score (nSPS) is 19.1. The molecule has 0 saturated carbocycles. The van der Waals surface area contributed by atoms with Crippen LogP contribution in [-0.2, 0) is 33.9 Å². The van der Waals surface area contributed by atoms with Crippen molar-refractivity contribution < 1.29 is 35.3 Å². The third-order valence-corrected chi connectivity index (χ3v) is 6.19. The monoisotopic (exact) mass is 692 g/mol. The first-order valence-electron chi connectivity index (χ1n) is 12.7. The fourth-order valence-electron chi connectivity index (χ4n) is 4.75. The number of hydrogen-bond donors (Lipinski definition) is 0. The van der Waals surface area contributed by atoms with Crippen molar-refractivity contribution in [2.75, 3.05) is 0 Å². The van der Waals surface area contributed by atoms with Gasteiger partial charge in [0.1, 0.15) is 12.1 Å². The van der Waals surface area contributed by atoms with Crippen molar-refractivity contribution in [2.45, 2.75) is 80.3 Å². The fourth-order valence-corrected chi connectivity index (χ4v) is 4.75. The number of benzene rings is 2. The number of azo groups is 4. The van der Waals surface area contributed by atoms with Crippen LogP contribution < -0.4 is 0 Å². The van der Waals surface area contributed by atoms with Crippen molar-refractivity contribution in [3.05, 3.63) is 102 Å². The zero-order valence-corrected chi connectivity index (χ0v) is 26.5. The maximum Gasteiger partial charge on any atom is 0.734 e. The first-order valence-corrected chi connectivity index (χ1v) is 12.7. The molecule has 206 valence electrons. The molecule has 2 aliphatic rings. The van der Waals surface area contributed by atoms with Crippen LogP contribution in [0.25, 0.3) is 0 Å². The number of carbonyl (C=O) groups is 1. The van der Waals surface area contributed by atoms with Crippen LogP contribution in [0.1, 0.15) is 89.7 Å². The molecule has 0 radical (unpaired) electrons. The van der Waals surface area contributed by atoms with Gasteiger partial charge in [-0.05, 0) is 33.9 Å². The summed E-state index contributed by atoms with van der Waals surface area (Å²) in [5.41, 5.74) is 6.43. The van der Waals surface area contributed by atoms with E-state index in [4.69, 9.17) is 10.2 Å². The first kappa shape index (κ1) is 31.7. The first-order chi connectivity index (χ1) is 16.8. The van der Waals surface area contributed by atoms with Gasteiger partial charge in [-0.25, -0.2) is 0 Å². The molecule has 0 bridgehead atoms. The number of urea groups is 1. The maximum atomic E-state index is 13.5. The topological polar surface area (TPSA) is 47.8 Å². The molecule has 4 rings (SSSR count). The van der Waals surface area contributed by atoms with Gasteiger partial charge >= 0.3 is 6.03 Å². The Bertz CT molecular complexity index is 1210. The fraction of sp³-hybridized carbons (Fsp3) is 0.438. The van der Waals surface area contributed by atoms with Crippen molar-refractivity contribution in [3.63, 3.8) is 0 Å². The van der Waals surface area contributed by atoms with E-state index in [9.17, 15) is 4.79 Å². The molecule has 6 heteroatoms. The minimum absolute atomic E-state index is 0. The van der Waals surface area contributed by atoms with Crippen molar-refractivity contribution in [2.24, 2.45) is 21.1 Å². The number of carbonyl (C=O) groups excluding carboxylic acids is 1. The molecule has 0 saturated heterocycles. The molecular formula is C32H41N4OPt-. The number of nitrogens with zero attached hydrogens (tertiary/aromatic N) is 4. The Morgan fingerprint density at radius 2 is 1.16 bits per heavy atom. The summed E-state index contributed by atoms with van der Waals surface area (Å²) < 4.78 is 2.94. The van der Waals surface area contributed by atoms with E-state index in [2.05, 4.69) is 77.9 Å². The number of amides is 2. The summed E-state index contributed by atoms with van der Waals surface area (Å²) in [7, 11) is 0. The summed E-state index contributed by atoms with van der Waals surface area (Å²) in [5.74, 6) is 0. The Balaban J connectivity index is 0.00000253. The third kappa shape index (κ3) is 7.76. The van der Waals surface area contributed by atoms with E-state index in [1.54, 1.807) is 0 Å². The van der Waals surface area contributed by atoms with E-state index in [1.807, 2.05) is 38.1 Å². The molecule has 0 aromatic heterocycles. The maximum absolute atomic E-state index is 13.5. The molecule has 0 spiro atoms. The molecule has 5 nitrogen and oxygen atoms in total. The summed E-state index contributed by atoms with van der Waals surface area (Å²) >= 11 is 0. The van der Waals surface area contributed by atoms with Gasteiger partial charge in [0.15, 0.2) is 0 Å². The summed E-state index contributed by atoms with van der Waals surface area (Å²) in [6.07, 6.45) is 5.97. The van der Waals surface area contributed by atoms with E-state index in [0.29, 0.717) is 0 Å². The van der Waals surface area contributed by atoms with Crippen LogP contribution in [0.4, 0.5) is 4.79 Å². The Hall–Kier alpha value is -2.52. The molecule has 2 amide bonds. The Kier molecular flexibility index (Phi) is 10.1. The van der Waals surface area contributed by atoms with Gasteiger partial charge in [0.25, 0.3) is 0 Å². The Labute approximate surface area is 243 Å². The van der Waals surface area contributed by atoms with Gasteiger partial charge in [0.05, 0.1) is 0 Å². The molecule has 2 aromatic carbocycles. The van der Waals surface area contributed by atoms with E-state index >= 15 is 0 Å².